The molecule has 0 radical (unpaired) electrons. The highest BCUT2D eigenvalue weighted by Gasteiger charge is 2.25. The highest BCUT2D eigenvalue weighted by molar-refractivity contribution is 7.90. The summed E-state index contributed by atoms with van der Waals surface area (Å²) in [7, 11) is -2.25. The van der Waals surface area contributed by atoms with Gasteiger partial charge in [0.15, 0.2) is 0 Å². The largest absolute Gasteiger partial charge is 0.302 e. The zero-order valence-corrected chi connectivity index (χ0v) is 13.9. The van der Waals surface area contributed by atoms with Gasteiger partial charge in [0.25, 0.3) is 10.0 Å². The van der Waals surface area contributed by atoms with Crippen molar-refractivity contribution in [2.24, 2.45) is 5.92 Å². The first kappa shape index (κ1) is 16.7. The summed E-state index contributed by atoms with van der Waals surface area (Å²) >= 11 is 6.91. The Morgan fingerprint density at radius 3 is 2.71 bits per heavy atom. The third-order valence-corrected chi connectivity index (χ3v) is 6.25. The third kappa shape index (κ3) is 4.40. The minimum Gasteiger partial charge on any atom is -0.302 e. The molecule has 1 saturated heterocycles. The van der Waals surface area contributed by atoms with E-state index in [0.29, 0.717) is 0 Å². The molecule has 2 rings (SSSR count). The number of amides is 1. The highest BCUT2D eigenvalue weighted by atomic mass is 35.5. The number of rotatable bonds is 5. The fourth-order valence-electron chi connectivity index (χ4n) is 2.28. The predicted octanol–water partition coefficient (Wildman–Crippen LogP) is 1.87. The van der Waals surface area contributed by atoms with Gasteiger partial charge in [-0.05, 0) is 30.2 Å². The second-order valence-electron chi connectivity index (χ2n) is 4.85. The Labute approximate surface area is 133 Å². The molecule has 0 saturated carbocycles. The van der Waals surface area contributed by atoms with E-state index in [9.17, 15) is 13.2 Å². The molecule has 1 aliphatic rings. The minimum absolute atomic E-state index is 0.0447. The van der Waals surface area contributed by atoms with Crippen LogP contribution in [-0.2, 0) is 19.7 Å². The average Bonchev–Trinajstić information content (AvgIpc) is 2.86. The Kier molecular flexibility index (Phi) is 5.61. The van der Waals surface area contributed by atoms with Crippen molar-refractivity contribution in [2.75, 3.05) is 20.2 Å². The first-order chi connectivity index (χ1) is 9.92. The van der Waals surface area contributed by atoms with Gasteiger partial charge in [-0.1, -0.05) is 11.6 Å². The van der Waals surface area contributed by atoms with Gasteiger partial charge in [-0.2, -0.15) is 5.06 Å². The van der Waals surface area contributed by atoms with Crippen LogP contribution in [-0.4, -0.2) is 39.6 Å². The van der Waals surface area contributed by atoms with Gasteiger partial charge in [0.1, 0.15) is 9.23 Å². The quantitative estimate of drug-likeness (QED) is 0.875. The maximum atomic E-state index is 12.0. The Bertz CT molecular complexity index is 594. The molecule has 9 heteroatoms. The van der Waals surface area contributed by atoms with E-state index < -0.39 is 15.9 Å². The molecule has 1 aromatic heterocycles. The van der Waals surface area contributed by atoms with E-state index in [1.807, 2.05) is 5.06 Å². The van der Waals surface area contributed by atoms with Crippen molar-refractivity contribution in [3.8, 4) is 0 Å². The van der Waals surface area contributed by atoms with Crippen LogP contribution in [0.25, 0.3) is 0 Å². The standard InChI is InChI=1S/C12H17ClN2O4S2/c1-19-15-5-2-9(3-6-15)8-11(16)14-21(17,18)10-4-7-20-12(10)13/h4,7,9H,2-3,5-6,8H2,1H3,(H,14,16). The first-order valence-electron chi connectivity index (χ1n) is 6.50. The van der Waals surface area contributed by atoms with Gasteiger partial charge >= 0.3 is 0 Å². The summed E-state index contributed by atoms with van der Waals surface area (Å²) in [6, 6.07) is 1.39. The molecule has 1 amide bonds. The summed E-state index contributed by atoms with van der Waals surface area (Å²) in [5, 5.41) is 3.40. The zero-order valence-electron chi connectivity index (χ0n) is 11.5. The van der Waals surface area contributed by atoms with E-state index in [-0.39, 0.29) is 21.6 Å². The molecular weight excluding hydrogens is 336 g/mol. The van der Waals surface area contributed by atoms with Crippen LogP contribution in [0.1, 0.15) is 19.3 Å². The summed E-state index contributed by atoms with van der Waals surface area (Å²) in [4.78, 5) is 17.0. The Hall–Kier alpha value is -0.670. The van der Waals surface area contributed by atoms with E-state index in [1.54, 1.807) is 12.5 Å². The molecular formula is C12H17ClN2O4S2. The summed E-state index contributed by atoms with van der Waals surface area (Å²) in [5.41, 5.74) is 0. The number of nitrogens with one attached hydrogen (secondary N) is 1. The van der Waals surface area contributed by atoms with Gasteiger partial charge in [0, 0.05) is 19.5 Å². The number of hydrogen-bond acceptors (Lipinski definition) is 6. The lowest BCUT2D eigenvalue weighted by Gasteiger charge is -2.29. The van der Waals surface area contributed by atoms with Gasteiger partial charge in [0.05, 0.1) is 7.11 Å². The van der Waals surface area contributed by atoms with E-state index in [1.165, 1.54) is 6.07 Å². The Balaban J connectivity index is 1.89. The lowest BCUT2D eigenvalue weighted by Crippen LogP contribution is -2.36. The van der Waals surface area contributed by atoms with Crippen LogP contribution < -0.4 is 4.72 Å². The molecule has 0 aromatic carbocycles. The number of sulfonamides is 1. The SMILES string of the molecule is CON1CCC(CC(=O)NS(=O)(=O)c2ccsc2Cl)CC1. The zero-order chi connectivity index (χ0) is 15.5. The highest BCUT2D eigenvalue weighted by Crippen LogP contribution is 2.27. The topological polar surface area (TPSA) is 75.7 Å². The van der Waals surface area contributed by atoms with Crippen molar-refractivity contribution >= 4 is 38.9 Å². The van der Waals surface area contributed by atoms with Crippen molar-refractivity contribution in [3.63, 3.8) is 0 Å². The molecule has 21 heavy (non-hydrogen) atoms. The molecule has 2 heterocycles. The number of nitrogens with zero attached hydrogens (tertiary/aromatic N) is 1. The van der Waals surface area contributed by atoms with E-state index in [2.05, 4.69) is 4.72 Å². The number of carbonyl (C=O) groups is 1. The summed E-state index contributed by atoms with van der Waals surface area (Å²) in [6.45, 7) is 1.50. The van der Waals surface area contributed by atoms with Gasteiger partial charge in [0.2, 0.25) is 5.91 Å². The van der Waals surface area contributed by atoms with Crippen LogP contribution in [0.4, 0.5) is 0 Å². The monoisotopic (exact) mass is 352 g/mol. The van der Waals surface area contributed by atoms with Crippen LogP contribution in [0.2, 0.25) is 4.34 Å². The van der Waals surface area contributed by atoms with Crippen LogP contribution in [0.3, 0.4) is 0 Å². The second kappa shape index (κ2) is 7.06. The molecule has 0 unspecified atom stereocenters. The summed E-state index contributed by atoms with van der Waals surface area (Å²) in [6.07, 6.45) is 1.81. The van der Waals surface area contributed by atoms with Gasteiger partial charge in [-0.3, -0.25) is 4.79 Å². The average molecular weight is 353 g/mol. The van der Waals surface area contributed by atoms with Crippen LogP contribution in [0.15, 0.2) is 16.3 Å². The van der Waals surface area contributed by atoms with Crippen molar-refractivity contribution < 1.29 is 18.0 Å². The fraction of sp³-hybridized carbons (Fsp3) is 0.583. The molecule has 6 nitrogen and oxygen atoms in total. The van der Waals surface area contributed by atoms with Crippen molar-refractivity contribution in [1.82, 2.24) is 9.79 Å². The van der Waals surface area contributed by atoms with E-state index in [0.717, 1.165) is 37.3 Å². The smallest absolute Gasteiger partial charge is 0.266 e. The van der Waals surface area contributed by atoms with Crippen LogP contribution in [0, 0.1) is 5.92 Å². The number of hydroxylamine groups is 2. The number of carbonyl (C=O) groups excluding carboxylic acids is 1. The van der Waals surface area contributed by atoms with Crippen molar-refractivity contribution in [1.29, 1.82) is 0 Å². The first-order valence-corrected chi connectivity index (χ1v) is 9.24. The molecule has 118 valence electrons. The summed E-state index contributed by atoms with van der Waals surface area (Å²) < 4.78 is 26.3. The normalized spacial score (nSPS) is 17.8. The molecule has 1 aromatic rings. The molecule has 1 aliphatic heterocycles. The van der Waals surface area contributed by atoms with Crippen molar-refractivity contribution in [2.45, 2.75) is 24.2 Å². The third-order valence-electron chi connectivity index (χ3n) is 3.43. The van der Waals surface area contributed by atoms with E-state index in [4.69, 9.17) is 16.4 Å². The predicted molar refractivity (Wildman–Crippen MR) is 80.6 cm³/mol. The van der Waals surface area contributed by atoms with Crippen molar-refractivity contribution in [3.05, 3.63) is 15.8 Å². The minimum atomic E-state index is -3.87. The van der Waals surface area contributed by atoms with Crippen LogP contribution >= 0.6 is 22.9 Å². The Morgan fingerprint density at radius 2 is 2.19 bits per heavy atom. The lowest BCUT2D eigenvalue weighted by molar-refractivity contribution is -0.149. The van der Waals surface area contributed by atoms with Gasteiger partial charge in [-0.25, -0.2) is 13.1 Å². The Morgan fingerprint density at radius 1 is 1.52 bits per heavy atom. The molecule has 0 bridgehead atoms. The van der Waals surface area contributed by atoms with Crippen LogP contribution in [0.5, 0.6) is 0 Å². The number of hydrogen-bond donors (Lipinski definition) is 1. The second-order valence-corrected chi connectivity index (χ2v) is 8.02. The molecule has 1 fully saturated rings. The van der Waals surface area contributed by atoms with Gasteiger partial charge < -0.3 is 4.84 Å². The maximum absolute atomic E-state index is 12.0. The lowest BCUT2D eigenvalue weighted by atomic mass is 9.94. The number of thiophene rings is 1. The number of halogens is 1. The molecule has 0 aliphatic carbocycles. The summed E-state index contributed by atoms with van der Waals surface area (Å²) in [5.74, 6) is -0.322. The molecule has 0 atom stereocenters. The fourth-order valence-corrected chi connectivity index (χ4v) is 4.82. The number of piperidine rings is 1. The van der Waals surface area contributed by atoms with Gasteiger partial charge in [-0.15, -0.1) is 11.3 Å². The van der Waals surface area contributed by atoms with E-state index >= 15 is 0 Å². The maximum Gasteiger partial charge on any atom is 0.266 e. The molecule has 0 spiro atoms. The molecule has 1 N–H and O–H groups in total.